The van der Waals surface area contributed by atoms with Crippen LogP contribution in [0.1, 0.15) is 38.8 Å². The van der Waals surface area contributed by atoms with Crippen molar-refractivity contribution in [2.75, 3.05) is 5.32 Å². The van der Waals surface area contributed by atoms with E-state index < -0.39 is 5.91 Å². The Morgan fingerprint density at radius 2 is 2.15 bits per heavy atom. The van der Waals surface area contributed by atoms with Crippen molar-refractivity contribution < 1.29 is 9.59 Å². The third-order valence-corrected chi connectivity index (χ3v) is 3.59. The Kier molecular flexibility index (Phi) is 4.11. The van der Waals surface area contributed by atoms with Crippen LogP contribution in [0.15, 0.2) is 29.6 Å². The zero-order valence-corrected chi connectivity index (χ0v) is 11.6. The molecule has 104 valence electrons. The molecule has 20 heavy (non-hydrogen) atoms. The number of carbonyl (C=O) groups is 2. The lowest BCUT2D eigenvalue weighted by Gasteiger charge is -2.04. The number of hydrogen-bond acceptors (Lipinski definition) is 5. The lowest BCUT2D eigenvalue weighted by atomic mass is 10.2. The Morgan fingerprint density at radius 3 is 2.75 bits per heavy atom. The predicted octanol–water partition coefficient (Wildman–Crippen LogP) is 1.51. The summed E-state index contributed by atoms with van der Waals surface area (Å²) in [5, 5.41) is 5.00. The van der Waals surface area contributed by atoms with Gasteiger partial charge in [-0.1, -0.05) is 6.07 Å². The second kappa shape index (κ2) is 5.81. The van der Waals surface area contributed by atoms with Gasteiger partial charge in [-0.25, -0.2) is 4.98 Å². The SMILES string of the molecule is CC(N)c1nc(C(=O)Nc2cccc(C(N)=O)c2)cs1. The molecule has 0 bridgehead atoms. The number of primary amides is 1. The Bertz CT molecular complexity index is 651. The van der Waals surface area contributed by atoms with E-state index >= 15 is 0 Å². The Balaban J connectivity index is 2.14. The average Bonchev–Trinajstić information content (AvgIpc) is 2.88. The van der Waals surface area contributed by atoms with E-state index in [1.165, 1.54) is 17.4 Å². The lowest BCUT2D eigenvalue weighted by Crippen LogP contribution is -2.15. The van der Waals surface area contributed by atoms with E-state index in [-0.39, 0.29) is 11.9 Å². The fourth-order valence-corrected chi connectivity index (χ4v) is 2.30. The third-order valence-electron chi connectivity index (χ3n) is 2.55. The van der Waals surface area contributed by atoms with Crippen LogP contribution in [-0.4, -0.2) is 16.8 Å². The number of thiazole rings is 1. The number of anilines is 1. The first-order valence-corrected chi connectivity index (χ1v) is 6.77. The van der Waals surface area contributed by atoms with Gasteiger partial charge in [-0.3, -0.25) is 9.59 Å². The van der Waals surface area contributed by atoms with E-state index in [1.54, 1.807) is 30.5 Å². The van der Waals surface area contributed by atoms with Crippen LogP contribution in [-0.2, 0) is 0 Å². The summed E-state index contributed by atoms with van der Waals surface area (Å²) in [6.07, 6.45) is 0. The van der Waals surface area contributed by atoms with Gasteiger partial charge in [-0.15, -0.1) is 11.3 Å². The minimum atomic E-state index is -0.547. The normalized spacial score (nSPS) is 11.9. The molecule has 6 nitrogen and oxygen atoms in total. The molecule has 1 atom stereocenters. The van der Waals surface area contributed by atoms with Gasteiger partial charge in [-0.05, 0) is 25.1 Å². The van der Waals surface area contributed by atoms with Crippen molar-refractivity contribution in [3.05, 3.63) is 45.9 Å². The number of aromatic nitrogens is 1. The summed E-state index contributed by atoms with van der Waals surface area (Å²) in [5.41, 5.74) is 12.0. The number of nitrogens with one attached hydrogen (secondary N) is 1. The number of hydrogen-bond donors (Lipinski definition) is 3. The van der Waals surface area contributed by atoms with Crippen molar-refractivity contribution in [2.24, 2.45) is 11.5 Å². The molecule has 0 aliphatic heterocycles. The van der Waals surface area contributed by atoms with Crippen LogP contribution < -0.4 is 16.8 Å². The van der Waals surface area contributed by atoms with Crippen molar-refractivity contribution in [3.8, 4) is 0 Å². The highest BCUT2D eigenvalue weighted by Gasteiger charge is 2.13. The average molecular weight is 290 g/mol. The molecule has 1 unspecified atom stereocenters. The summed E-state index contributed by atoms with van der Waals surface area (Å²) in [5.74, 6) is -0.899. The van der Waals surface area contributed by atoms with Gasteiger partial charge in [0.15, 0.2) is 0 Å². The molecule has 2 amide bonds. The number of nitrogens with zero attached hydrogens (tertiary/aromatic N) is 1. The second-order valence-corrected chi connectivity index (χ2v) is 5.15. The monoisotopic (exact) mass is 290 g/mol. The van der Waals surface area contributed by atoms with Crippen LogP contribution in [0.3, 0.4) is 0 Å². The van der Waals surface area contributed by atoms with Crippen molar-refractivity contribution in [1.82, 2.24) is 4.98 Å². The first-order valence-electron chi connectivity index (χ1n) is 5.89. The van der Waals surface area contributed by atoms with Gasteiger partial charge in [0.2, 0.25) is 5.91 Å². The topological polar surface area (TPSA) is 111 Å². The van der Waals surface area contributed by atoms with Gasteiger partial charge in [0, 0.05) is 16.6 Å². The quantitative estimate of drug-likeness (QED) is 0.792. The Morgan fingerprint density at radius 1 is 1.40 bits per heavy atom. The summed E-state index contributed by atoms with van der Waals surface area (Å²) < 4.78 is 0. The van der Waals surface area contributed by atoms with Crippen molar-refractivity contribution in [2.45, 2.75) is 13.0 Å². The van der Waals surface area contributed by atoms with Gasteiger partial charge >= 0.3 is 0 Å². The van der Waals surface area contributed by atoms with Crippen LogP contribution in [0.25, 0.3) is 0 Å². The number of benzene rings is 1. The van der Waals surface area contributed by atoms with E-state index in [0.717, 1.165) is 0 Å². The number of amides is 2. The highest BCUT2D eigenvalue weighted by molar-refractivity contribution is 7.09. The van der Waals surface area contributed by atoms with Gasteiger partial charge < -0.3 is 16.8 Å². The zero-order chi connectivity index (χ0) is 14.7. The van der Waals surface area contributed by atoms with Crippen molar-refractivity contribution >= 4 is 28.8 Å². The van der Waals surface area contributed by atoms with E-state index in [4.69, 9.17) is 11.5 Å². The molecular weight excluding hydrogens is 276 g/mol. The minimum Gasteiger partial charge on any atom is -0.366 e. The highest BCUT2D eigenvalue weighted by atomic mass is 32.1. The summed E-state index contributed by atoms with van der Waals surface area (Å²) >= 11 is 1.33. The van der Waals surface area contributed by atoms with Crippen LogP contribution in [0.2, 0.25) is 0 Å². The van der Waals surface area contributed by atoms with Crippen LogP contribution >= 0.6 is 11.3 Å². The predicted molar refractivity (Wildman–Crippen MR) is 77.6 cm³/mol. The van der Waals surface area contributed by atoms with E-state index in [0.29, 0.717) is 22.0 Å². The molecule has 1 aromatic carbocycles. The Labute approximate surface area is 119 Å². The zero-order valence-electron chi connectivity index (χ0n) is 10.8. The van der Waals surface area contributed by atoms with E-state index in [9.17, 15) is 9.59 Å². The third kappa shape index (κ3) is 3.19. The summed E-state index contributed by atoms with van der Waals surface area (Å²) in [7, 11) is 0. The molecule has 0 saturated carbocycles. The lowest BCUT2D eigenvalue weighted by molar-refractivity contribution is 0.0995. The number of nitrogens with two attached hydrogens (primary N) is 2. The molecule has 2 aromatic rings. The second-order valence-electron chi connectivity index (χ2n) is 4.26. The number of carbonyl (C=O) groups excluding carboxylic acids is 2. The first-order chi connectivity index (χ1) is 9.47. The van der Waals surface area contributed by atoms with Crippen LogP contribution in [0, 0.1) is 0 Å². The molecule has 7 heteroatoms. The smallest absolute Gasteiger partial charge is 0.275 e. The van der Waals surface area contributed by atoms with Gasteiger partial charge in [0.1, 0.15) is 10.7 Å². The standard InChI is InChI=1S/C13H14N4O2S/c1-7(14)13-17-10(6-20-13)12(19)16-9-4-2-3-8(5-9)11(15)18/h2-7H,14H2,1H3,(H2,15,18)(H,16,19). The molecule has 0 spiro atoms. The van der Waals surface area contributed by atoms with Gasteiger partial charge in [0.05, 0.1) is 6.04 Å². The Hall–Kier alpha value is -2.25. The maximum absolute atomic E-state index is 12.0. The molecular formula is C13H14N4O2S. The van der Waals surface area contributed by atoms with Gasteiger partial charge in [-0.2, -0.15) is 0 Å². The summed E-state index contributed by atoms with van der Waals surface area (Å²) in [4.78, 5) is 27.2. The van der Waals surface area contributed by atoms with E-state index in [2.05, 4.69) is 10.3 Å². The van der Waals surface area contributed by atoms with Gasteiger partial charge in [0.25, 0.3) is 5.91 Å². The first kappa shape index (κ1) is 14.2. The molecule has 1 aromatic heterocycles. The van der Waals surface area contributed by atoms with Crippen LogP contribution in [0.4, 0.5) is 5.69 Å². The molecule has 0 radical (unpaired) electrons. The maximum atomic E-state index is 12.0. The molecule has 0 saturated heterocycles. The summed E-state index contributed by atoms with van der Waals surface area (Å²) in [6.45, 7) is 1.80. The van der Waals surface area contributed by atoms with Crippen molar-refractivity contribution in [3.63, 3.8) is 0 Å². The molecule has 5 N–H and O–H groups in total. The highest BCUT2D eigenvalue weighted by Crippen LogP contribution is 2.17. The van der Waals surface area contributed by atoms with E-state index in [1.807, 2.05) is 0 Å². The van der Waals surface area contributed by atoms with Crippen molar-refractivity contribution in [1.29, 1.82) is 0 Å². The number of rotatable bonds is 4. The fraction of sp³-hybridized carbons (Fsp3) is 0.154. The summed E-state index contributed by atoms with van der Waals surface area (Å²) in [6, 6.07) is 6.20. The minimum absolute atomic E-state index is 0.209. The maximum Gasteiger partial charge on any atom is 0.275 e. The fourth-order valence-electron chi connectivity index (χ4n) is 1.55. The molecule has 0 aliphatic rings. The molecule has 1 heterocycles. The molecule has 0 aliphatic carbocycles. The molecule has 0 fully saturated rings. The van der Waals surface area contributed by atoms with Crippen LogP contribution in [0.5, 0.6) is 0 Å². The largest absolute Gasteiger partial charge is 0.366 e. The molecule has 2 rings (SSSR count).